The largest absolute Gasteiger partial charge is 0.335 e. The monoisotopic (exact) mass is 413 g/mol. The minimum atomic E-state index is -0.283. The summed E-state index contributed by atoms with van der Waals surface area (Å²) in [4.78, 5) is 14.2. The normalized spacial score (nSPS) is 12.0. The van der Waals surface area contributed by atoms with E-state index in [-0.39, 0.29) is 17.8 Å². The molecule has 0 aromatic heterocycles. The van der Waals surface area contributed by atoms with Gasteiger partial charge in [-0.05, 0) is 58.7 Å². The molecule has 2 aromatic carbocycles. The van der Waals surface area contributed by atoms with Gasteiger partial charge >= 0.3 is 0 Å². The van der Waals surface area contributed by atoms with Gasteiger partial charge in [0.05, 0.1) is 11.6 Å². The third-order valence-corrected chi connectivity index (χ3v) is 4.60. The molecule has 2 aromatic rings. The Labute approximate surface area is 140 Å². The first-order chi connectivity index (χ1) is 9.90. The Morgan fingerprint density at radius 1 is 1.14 bits per heavy atom. The van der Waals surface area contributed by atoms with Crippen LogP contribution in [0, 0.1) is 5.82 Å². The van der Waals surface area contributed by atoms with Crippen LogP contribution >= 0.6 is 31.9 Å². The first-order valence-electron chi connectivity index (χ1n) is 6.38. The summed E-state index contributed by atoms with van der Waals surface area (Å²) in [5, 5.41) is 0. The van der Waals surface area contributed by atoms with E-state index in [9.17, 15) is 9.18 Å². The van der Waals surface area contributed by atoms with Gasteiger partial charge in [0, 0.05) is 16.0 Å². The first kappa shape index (κ1) is 16.2. The molecule has 0 saturated carbocycles. The molecule has 0 aliphatic rings. The van der Waals surface area contributed by atoms with E-state index in [0.29, 0.717) is 5.56 Å². The number of nitrogens with zero attached hydrogens (tertiary/aromatic N) is 1. The van der Waals surface area contributed by atoms with Crippen molar-refractivity contribution >= 4 is 37.8 Å². The zero-order valence-electron chi connectivity index (χ0n) is 11.6. The van der Waals surface area contributed by atoms with Crippen LogP contribution in [0.4, 0.5) is 4.39 Å². The van der Waals surface area contributed by atoms with Gasteiger partial charge in [-0.15, -0.1) is 0 Å². The predicted molar refractivity (Wildman–Crippen MR) is 88.8 cm³/mol. The van der Waals surface area contributed by atoms with E-state index in [1.54, 1.807) is 30.1 Å². The molecule has 0 aliphatic carbocycles. The van der Waals surface area contributed by atoms with Crippen LogP contribution in [0.15, 0.2) is 51.4 Å². The fourth-order valence-corrected chi connectivity index (χ4v) is 2.77. The summed E-state index contributed by atoms with van der Waals surface area (Å²) in [7, 11) is 1.74. The second kappa shape index (κ2) is 6.71. The highest BCUT2D eigenvalue weighted by molar-refractivity contribution is 9.11. The molecule has 1 amide bonds. The van der Waals surface area contributed by atoms with E-state index in [1.807, 2.05) is 19.1 Å². The number of halogens is 3. The molecule has 0 bridgehead atoms. The summed E-state index contributed by atoms with van der Waals surface area (Å²) >= 11 is 6.77. The fraction of sp³-hybridized carbons (Fsp3) is 0.188. The maximum Gasteiger partial charge on any atom is 0.255 e. The summed E-state index contributed by atoms with van der Waals surface area (Å²) in [6.07, 6.45) is 0. The molecule has 1 unspecified atom stereocenters. The van der Waals surface area contributed by atoms with Crippen LogP contribution in [-0.2, 0) is 0 Å². The number of hydrogen-bond donors (Lipinski definition) is 0. The summed E-state index contributed by atoms with van der Waals surface area (Å²) in [6.45, 7) is 1.91. The SMILES string of the molecule is CC(c1ccc(F)cc1)N(C)C(=O)c1cc(Br)ccc1Br. The van der Waals surface area contributed by atoms with Crippen molar-refractivity contribution in [3.05, 3.63) is 68.4 Å². The minimum absolute atomic E-state index is 0.0972. The quantitative estimate of drug-likeness (QED) is 0.677. The van der Waals surface area contributed by atoms with Crippen molar-refractivity contribution in [2.45, 2.75) is 13.0 Å². The standard InChI is InChI=1S/C16H14Br2FNO/c1-10(11-3-6-13(19)7-4-11)20(2)16(21)14-9-12(17)5-8-15(14)18/h3-10H,1-2H3. The lowest BCUT2D eigenvalue weighted by Crippen LogP contribution is -2.30. The number of rotatable bonds is 3. The van der Waals surface area contributed by atoms with Gasteiger partial charge in [0.25, 0.3) is 5.91 Å². The van der Waals surface area contributed by atoms with Crippen molar-refractivity contribution in [2.75, 3.05) is 7.05 Å². The van der Waals surface area contributed by atoms with E-state index in [2.05, 4.69) is 31.9 Å². The lowest BCUT2D eigenvalue weighted by atomic mass is 10.1. The van der Waals surface area contributed by atoms with Gasteiger partial charge in [-0.25, -0.2) is 4.39 Å². The van der Waals surface area contributed by atoms with Crippen LogP contribution in [-0.4, -0.2) is 17.9 Å². The topological polar surface area (TPSA) is 20.3 Å². The molecule has 2 rings (SSSR count). The summed E-state index contributed by atoms with van der Waals surface area (Å²) in [5.74, 6) is -0.380. The lowest BCUT2D eigenvalue weighted by molar-refractivity contribution is 0.0741. The molecule has 1 atom stereocenters. The van der Waals surface area contributed by atoms with Gasteiger partial charge in [-0.2, -0.15) is 0 Å². The highest BCUT2D eigenvalue weighted by Gasteiger charge is 2.21. The lowest BCUT2D eigenvalue weighted by Gasteiger charge is -2.26. The molecule has 21 heavy (non-hydrogen) atoms. The maximum absolute atomic E-state index is 13.0. The van der Waals surface area contributed by atoms with E-state index < -0.39 is 0 Å². The highest BCUT2D eigenvalue weighted by Crippen LogP contribution is 2.26. The molecule has 2 nitrogen and oxygen atoms in total. The summed E-state index contributed by atoms with van der Waals surface area (Å²) < 4.78 is 14.6. The molecule has 5 heteroatoms. The molecule has 0 N–H and O–H groups in total. The molecule has 0 radical (unpaired) electrons. The smallest absolute Gasteiger partial charge is 0.255 e. The number of hydrogen-bond acceptors (Lipinski definition) is 1. The Balaban J connectivity index is 2.26. The third-order valence-electron chi connectivity index (χ3n) is 3.41. The van der Waals surface area contributed by atoms with Crippen LogP contribution in [0.25, 0.3) is 0 Å². The molecular weight excluding hydrogens is 401 g/mol. The van der Waals surface area contributed by atoms with Crippen LogP contribution in [0.2, 0.25) is 0 Å². The molecule has 0 fully saturated rings. The summed E-state index contributed by atoms with van der Waals surface area (Å²) in [6, 6.07) is 11.5. The van der Waals surface area contributed by atoms with E-state index in [4.69, 9.17) is 0 Å². The Kier molecular flexibility index (Phi) is 5.17. The highest BCUT2D eigenvalue weighted by atomic mass is 79.9. The molecule has 0 spiro atoms. The van der Waals surface area contributed by atoms with Crippen molar-refractivity contribution < 1.29 is 9.18 Å². The van der Waals surface area contributed by atoms with Crippen LogP contribution in [0.5, 0.6) is 0 Å². The average Bonchev–Trinajstić information content (AvgIpc) is 2.48. The number of benzene rings is 2. The fourth-order valence-electron chi connectivity index (χ4n) is 1.99. The summed E-state index contributed by atoms with van der Waals surface area (Å²) in [5.41, 5.74) is 1.47. The number of carbonyl (C=O) groups excluding carboxylic acids is 1. The van der Waals surface area contributed by atoms with Gasteiger partial charge in [0.1, 0.15) is 5.82 Å². The van der Waals surface area contributed by atoms with E-state index in [1.165, 1.54) is 12.1 Å². The zero-order valence-corrected chi connectivity index (χ0v) is 14.8. The Bertz CT molecular complexity index is 658. The van der Waals surface area contributed by atoms with E-state index >= 15 is 0 Å². The van der Waals surface area contributed by atoms with E-state index in [0.717, 1.165) is 14.5 Å². The van der Waals surface area contributed by atoms with Crippen LogP contribution < -0.4 is 0 Å². The minimum Gasteiger partial charge on any atom is -0.335 e. The van der Waals surface area contributed by atoms with Gasteiger partial charge in [-0.1, -0.05) is 28.1 Å². The van der Waals surface area contributed by atoms with Crippen molar-refractivity contribution in [1.82, 2.24) is 4.90 Å². The average molecular weight is 415 g/mol. The molecule has 110 valence electrons. The zero-order chi connectivity index (χ0) is 15.6. The molecule has 0 saturated heterocycles. The Morgan fingerprint density at radius 2 is 1.76 bits per heavy atom. The third kappa shape index (κ3) is 3.71. The molecule has 0 aliphatic heterocycles. The van der Waals surface area contributed by atoms with Crippen molar-refractivity contribution in [1.29, 1.82) is 0 Å². The van der Waals surface area contributed by atoms with Gasteiger partial charge in [0.2, 0.25) is 0 Å². The molecule has 0 heterocycles. The second-order valence-corrected chi connectivity index (χ2v) is 6.54. The van der Waals surface area contributed by atoms with Crippen molar-refractivity contribution in [3.8, 4) is 0 Å². The number of carbonyl (C=O) groups is 1. The van der Waals surface area contributed by atoms with Gasteiger partial charge < -0.3 is 4.90 Å². The van der Waals surface area contributed by atoms with Crippen LogP contribution in [0.3, 0.4) is 0 Å². The predicted octanol–water partition coefficient (Wildman–Crippen LogP) is 5.18. The van der Waals surface area contributed by atoms with Crippen LogP contribution in [0.1, 0.15) is 28.9 Å². The number of amides is 1. The Hall–Kier alpha value is -1.20. The van der Waals surface area contributed by atoms with Crippen molar-refractivity contribution in [3.63, 3.8) is 0 Å². The Morgan fingerprint density at radius 3 is 2.38 bits per heavy atom. The van der Waals surface area contributed by atoms with Crippen molar-refractivity contribution in [2.24, 2.45) is 0 Å². The van der Waals surface area contributed by atoms with Gasteiger partial charge in [-0.3, -0.25) is 4.79 Å². The molecular formula is C16H14Br2FNO. The maximum atomic E-state index is 13.0. The first-order valence-corrected chi connectivity index (χ1v) is 7.96. The van der Waals surface area contributed by atoms with Gasteiger partial charge in [0.15, 0.2) is 0 Å². The second-order valence-electron chi connectivity index (χ2n) is 4.77.